The van der Waals surface area contributed by atoms with E-state index in [1.54, 1.807) is 7.11 Å². The van der Waals surface area contributed by atoms with Crippen molar-refractivity contribution in [3.05, 3.63) is 57.6 Å². The second-order valence-corrected chi connectivity index (χ2v) is 5.53. The number of benzene rings is 1. The highest BCUT2D eigenvalue weighted by atomic mass is 32.1. The van der Waals surface area contributed by atoms with E-state index in [0.29, 0.717) is 12.2 Å². The van der Waals surface area contributed by atoms with E-state index >= 15 is 0 Å². The van der Waals surface area contributed by atoms with Gasteiger partial charge >= 0.3 is 5.69 Å². The molecule has 2 heterocycles. The van der Waals surface area contributed by atoms with Crippen LogP contribution in [0.5, 0.6) is 5.75 Å². The molecule has 2 aromatic heterocycles. The number of hydrogen-bond acceptors (Lipinski definition) is 6. The maximum atomic E-state index is 11.2. The molecule has 0 saturated carbocycles. The first-order chi connectivity index (χ1) is 10.7. The van der Waals surface area contributed by atoms with Crippen LogP contribution in [0.15, 0.2) is 41.9 Å². The summed E-state index contributed by atoms with van der Waals surface area (Å²) in [5.74, 6) is 0.777. The Morgan fingerprint density at radius 1 is 1.32 bits per heavy atom. The van der Waals surface area contributed by atoms with Crippen molar-refractivity contribution >= 4 is 32.9 Å². The van der Waals surface area contributed by atoms with Crippen LogP contribution in [0.2, 0.25) is 0 Å². The summed E-state index contributed by atoms with van der Waals surface area (Å²) in [6.07, 6.45) is 1.30. The molecular weight excluding hydrogens is 302 g/mol. The maximum Gasteiger partial charge on any atom is 0.311 e. The molecule has 0 saturated heterocycles. The number of nitrogens with one attached hydrogen (secondary N) is 1. The lowest BCUT2D eigenvalue weighted by Crippen LogP contribution is -2.03. The Bertz CT molecular complexity index is 815. The molecular formula is C15H13N3O3S. The minimum Gasteiger partial charge on any atom is -0.497 e. The van der Waals surface area contributed by atoms with Crippen LogP contribution in [0.25, 0.3) is 10.2 Å². The summed E-state index contributed by atoms with van der Waals surface area (Å²) >= 11 is 1.44. The Kier molecular flexibility index (Phi) is 3.88. The number of nitro groups is 1. The van der Waals surface area contributed by atoms with Crippen molar-refractivity contribution in [3.8, 4) is 5.75 Å². The number of nitrogens with zero attached hydrogens (tertiary/aromatic N) is 2. The summed E-state index contributed by atoms with van der Waals surface area (Å²) in [7, 11) is 1.61. The highest BCUT2D eigenvalue weighted by Crippen LogP contribution is 2.35. The number of methoxy groups -OCH3 is 1. The third kappa shape index (κ3) is 2.71. The van der Waals surface area contributed by atoms with Gasteiger partial charge in [-0.05, 0) is 29.1 Å². The van der Waals surface area contributed by atoms with Crippen molar-refractivity contribution in [3.63, 3.8) is 0 Å². The third-order valence-corrected chi connectivity index (χ3v) is 4.20. The van der Waals surface area contributed by atoms with Gasteiger partial charge in [-0.1, -0.05) is 12.1 Å². The van der Waals surface area contributed by atoms with E-state index in [1.165, 1.54) is 17.5 Å². The van der Waals surface area contributed by atoms with Crippen LogP contribution < -0.4 is 10.1 Å². The van der Waals surface area contributed by atoms with Gasteiger partial charge in [-0.15, -0.1) is 11.3 Å². The fourth-order valence-electron chi connectivity index (χ4n) is 2.15. The van der Waals surface area contributed by atoms with Gasteiger partial charge in [0.2, 0.25) is 0 Å². The van der Waals surface area contributed by atoms with E-state index in [9.17, 15) is 10.1 Å². The van der Waals surface area contributed by atoms with E-state index in [4.69, 9.17) is 4.74 Å². The summed E-state index contributed by atoms with van der Waals surface area (Å²) in [6, 6.07) is 9.41. The Balaban J connectivity index is 1.90. The SMILES string of the molecule is COc1ccc(CNc2c([N+](=O)[O-])cnc3ccsc23)cc1. The van der Waals surface area contributed by atoms with E-state index < -0.39 is 4.92 Å². The molecule has 0 spiro atoms. The quantitative estimate of drug-likeness (QED) is 0.572. The fourth-order valence-corrected chi connectivity index (χ4v) is 3.01. The number of anilines is 1. The van der Waals surface area contributed by atoms with Gasteiger partial charge in [-0.25, -0.2) is 4.98 Å². The predicted octanol–water partition coefficient (Wildman–Crippen LogP) is 3.83. The third-order valence-electron chi connectivity index (χ3n) is 3.28. The second kappa shape index (κ2) is 5.98. The molecule has 6 nitrogen and oxygen atoms in total. The molecule has 0 unspecified atom stereocenters. The molecule has 112 valence electrons. The lowest BCUT2D eigenvalue weighted by atomic mass is 10.2. The number of aromatic nitrogens is 1. The van der Waals surface area contributed by atoms with Crippen molar-refractivity contribution < 1.29 is 9.66 Å². The van der Waals surface area contributed by atoms with Gasteiger partial charge < -0.3 is 10.1 Å². The zero-order valence-corrected chi connectivity index (χ0v) is 12.6. The molecule has 1 aromatic carbocycles. The van der Waals surface area contributed by atoms with E-state index in [2.05, 4.69) is 10.3 Å². The molecule has 1 N–H and O–H groups in total. The zero-order valence-electron chi connectivity index (χ0n) is 11.8. The summed E-state index contributed by atoms with van der Waals surface area (Å²) in [5.41, 5.74) is 2.27. The van der Waals surface area contributed by atoms with Gasteiger partial charge in [-0.3, -0.25) is 10.1 Å². The Labute approximate surface area is 130 Å². The van der Waals surface area contributed by atoms with E-state index in [-0.39, 0.29) is 5.69 Å². The average molecular weight is 315 g/mol. The molecule has 0 aliphatic heterocycles. The highest BCUT2D eigenvalue weighted by molar-refractivity contribution is 7.17. The Morgan fingerprint density at radius 3 is 2.77 bits per heavy atom. The number of pyridine rings is 1. The summed E-state index contributed by atoms with van der Waals surface area (Å²) in [6.45, 7) is 0.488. The highest BCUT2D eigenvalue weighted by Gasteiger charge is 2.18. The van der Waals surface area contributed by atoms with Crippen LogP contribution in [0.1, 0.15) is 5.56 Å². The van der Waals surface area contributed by atoms with Gasteiger partial charge in [0.15, 0.2) is 0 Å². The van der Waals surface area contributed by atoms with Crippen LogP contribution in [0.4, 0.5) is 11.4 Å². The molecule has 0 aliphatic carbocycles. The predicted molar refractivity (Wildman–Crippen MR) is 86.6 cm³/mol. The maximum absolute atomic E-state index is 11.2. The lowest BCUT2D eigenvalue weighted by Gasteiger charge is -2.08. The first-order valence-corrected chi connectivity index (χ1v) is 7.44. The van der Waals surface area contributed by atoms with Crippen molar-refractivity contribution in [1.82, 2.24) is 4.98 Å². The van der Waals surface area contributed by atoms with E-state index in [1.807, 2.05) is 35.7 Å². The second-order valence-electron chi connectivity index (χ2n) is 4.61. The molecule has 3 rings (SSSR count). The van der Waals surface area contributed by atoms with Gasteiger partial charge in [0, 0.05) is 6.54 Å². The van der Waals surface area contributed by atoms with Crippen LogP contribution in [-0.2, 0) is 6.54 Å². The van der Waals surface area contributed by atoms with Crippen molar-refractivity contribution in [2.24, 2.45) is 0 Å². The topological polar surface area (TPSA) is 77.3 Å². The monoisotopic (exact) mass is 315 g/mol. The number of ether oxygens (including phenoxy) is 1. The molecule has 0 fully saturated rings. The first kappa shape index (κ1) is 14.3. The fraction of sp³-hybridized carbons (Fsp3) is 0.133. The van der Waals surface area contributed by atoms with Gasteiger partial charge in [0.25, 0.3) is 0 Å². The Hall–Kier alpha value is -2.67. The number of hydrogen-bond donors (Lipinski definition) is 1. The van der Waals surface area contributed by atoms with Crippen LogP contribution in [0, 0.1) is 10.1 Å². The summed E-state index contributed by atoms with van der Waals surface area (Å²) in [4.78, 5) is 14.9. The van der Waals surface area contributed by atoms with Crippen LogP contribution in [0.3, 0.4) is 0 Å². The van der Waals surface area contributed by atoms with Gasteiger partial charge in [0.05, 0.1) is 22.2 Å². The smallest absolute Gasteiger partial charge is 0.311 e. The average Bonchev–Trinajstić information content (AvgIpc) is 3.01. The lowest BCUT2D eigenvalue weighted by molar-refractivity contribution is -0.384. The van der Waals surface area contributed by atoms with Crippen LogP contribution >= 0.6 is 11.3 Å². The van der Waals surface area contributed by atoms with E-state index in [0.717, 1.165) is 21.5 Å². The first-order valence-electron chi connectivity index (χ1n) is 6.56. The molecule has 0 radical (unpaired) electrons. The molecule has 3 aromatic rings. The van der Waals surface area contributed by atoms with Gasteiger partial charge in [-0.2, -0.15) is 0 Å². The van der Waals surface area contributed by atoms with Crippen LogP contribution in [-0.4, -0.2) is 17.0 Å². The zero-order chi connectivity index (χ0) is 15.5. The molecule has 22 heavy (non-hydrogen) atoms. The molecule has 0 atom stereocenters. The molecule has 7 heteroatoms. The number of rotatable bonds is 5. The normalized spacial score (nSPS) is 10.6. The Morgan fingerprint density at radius 2 is 2.09 bits per heavy atom. The van der Waals surface area contributed by atoms with Crippen molar-refractivity contribution in [2.75, 3.05) is 12.4 Å². The van der Waals surface area contributed by atoms with Crippen molar-refractivity contribution in [1.29, 1.82) is 0 Å². The summed E-state index contributed by atoms with van der Waals surface area (Å²) in [5, 5.41) is 16.2. The number of fused-ring (bicyclic) bond motifs is 1. The van der Waals surface area contributed by atoms with Crippen molar-refractivity contribution in [2.45, 2.75) is 6.54 Å². The van der Waals surface area contributed by atoms with Gasteiger partial charge in [0.1, 0.15) is 17.6 Å². The molecule has 0 bridgehead atoms. The summed E-state index contributed by atoms with van der Waals surface area (Å²) < 4.78 is 5.91. The minimum atomic E-state index is -0.414. The number of thiophene rings is 1. The largest absolute Gasteiger partial charge is 0.497 e. The molecule has 0 amide bonds. The molecule has 0 aliphatic rings. The standard InChI is InChI=1S/C15H13N3O3S/c1-21-11-4-2-10(3-5-11)8-17-14-13(18(19)20)9-16-12-6-7-22-15(12)14/h2-7,9H,8H2,1H3,(H,16,17). The minimum absolute atomic E-state index is 0.0107.